The molecule has 0 aliphatic carbocycles. The average Bonchev–Trinajstić information content (AvgIpc) is 2.67. The number of rotatable bonds is 1. The van der Waals surface area contributed by atoms with Crippen LogP contribution in [0.2, 0.25) is 0 Å². The summed E-state index contributed by atoms with van der Waals surface area (Å²) in [6.07, 6.45) is 1.75. The van der Waals surface area contributed by atoms with Gasteiger partial charge in [0.2, 0.25) is 0 Å². The lowest BCUT2D eigenvalue weighted by atomic mass is 10.0. The molecule has 76 valence electrons. The number of benzene rings is 1. The van der Waals surface area contributed by atoms with Gasteiger partial charge in [-0.15, -0.1) is 0 Å². The van der Waals surface area contributed by atoms with E-state index in [0.717, 1.165) is 11.0 Å². The minimum absolute atomic E-state index is 0.539. The van der Waals surface area contributed by atoms with Gasteiger partial charge in [-0.2, -0.15) is 0 Å². The van der Waals surface area contributed by atoms with Gasteiger partial charge in [-0.05, 0) is 17.5 Å². The monoisotopic (exact) mass is 190 g/mol. The van der Waals surface area contributed by atoms with Crippen molar-refractivity contribution in [1.29, 1.82) is 0 Å². The lowest BCUT2D eigenvalue weighted by Crippen LogP contribution is -1.88. The molecule has 2 aromatic rings. The zero-order valence-electron chi connectivity index (χ0n) is 9.33. The molecule has 0 aliphatic heterocycles. The van der Waals surface area contributed by atoms with E-state index in [2.05, 4.69) is 35.9 Å². The number of para-hydroxylation sites is 1. The summed E-state index contributed by atoms with van der Waals surface area (Å²) in [4.78, 5) is 7.39. The van der Waals surface area contributed by atoms with Gasteiger partial charge in [0, 0.05) is 0 Å². The minimum Gasteiger partial charge on any atom is -0.345 e. The van der Waals surface area contributed by atoms with Gasteiger partial charge in [-0.25, -0.2) is 4.98 Å². The standard InChI is InChI=1S/C10H12N2.C2H6/c1-7(2)8-4-3-5-9-10(8)12-6-11-9;1-2/h3-7H,1-2H3,(H,11,12);1-2H3. The second-order valence-electron chi connectivity index (χ2n) is 3.30. The number of nitrogens with zero attached hydrogens (tertiary/aromatic N) is 1. The molecule has 0 spiro atoms. The summed E-state index contributed by atoms with van der Waals surface area (Å²) in [7, 11) is 0. The van der Waals surface area contributed by atoms with Gasteiger partial charge in [0.25, 0.3) is 0 Å². The number of H-pyrrole nitrogens is 1. The fourth-order valence-corrected chi connectivity index (χ4v) is 1.45. The Morgan fingerprint density at radius 2 is 1.93 bits per heavy atom. The number of fused-ring (bicyclic) bond motifs is 1. The second-order valence-corrected chi connectivity index (χ2v) is 3.30. The van der Waals surface area contributed by atoms with E-state index in [1.54, 1.807) is 6.33 Å². The molecule has 0 fully saturated rings. The van der Waals surface area contributed by atoms with Gasteiger partial charge in [0.15, 0.2) is 0 Å². The molecule has 0 aliphatic rings. The normalized spacial score (nSPS) is 10.1. The molecule has 2 heteroatoms. The van der Waals surface area contributed by atoms with Crippen LogP contribution in [0.4, 0.5) is 0 Å². The van der Waals surface area contributed by atoms with E-state index in [1.165, 1.54) is 5.56 Å². The molecule has 0 radical (unpaired) electrons. The third kappa shape index (κ3) is 1.95. The zero-order valence-corrected chi connectivity index (χ0v) is 9.33. The van der Waals surface area contributed by atoms with Gasteiger partial charge in [-0.3, -0.25) is 0 Å². The highest BCUT2D eigenvalue weighted by Gasteiger charge is 2.05. The van der Waals surface area contributed by atoms with Gasteiger partial charge in [0.1, 0.15) is 0 Å². The summed E-state index contributed by atoms with van der Waals surface area (Å²) < 4.78 is 0. The van der Waals surface area contributed by atoms with E-state index >= 15 is 0 Å². The maximum atomic E-state index is 4.28. The van der Waals surface area contributed by atoms with Crippen molar-refractivity contribution in [2.75, 3.05) is 0 Å². The first-order valence-corrected chi connectivity index (χ1v) is 5.21. The fraction of sp³-hybridized carbons (Fsp3) is 0.417. The van der Waals surface area contributed by atoms with Crippen LogP contribution in [0.15, 0.2) is 24.5 Å². The van der Waals surface area contributed by atoms with Crippen molar-refractivity contribution in [2.24, 2.45) is 0 Å². The van der Waals surface area contributed by atoms with Crippen LogP contribution in [0, 0.1) is 0 Å². The van der Waals surface area contributed by atoms with Gasteiger partial charge < -0.3 is 4.98 Å². The van der Waals surface area contributed by atoms with Crippen LogP contribution in [-0.2, 0) is 0 Å². The maximum Gasteiger partial charge on any atom is 0.0931 e. The Bertz CT molecular complexity index is 388. The number of nitrogens with one attached hydrogen (secondary N) is 1. The summed E-state index contributed by atoms with van der Waals surface area (Å²) in [5.74, 6) is 0.539. The van der Waals surface area contributed by atoms with Crippen molar-refractivity contribution in [1.82, 2.24) is 9.97 Å². The predicted octanol–water partition coefficient (Wildman–Crippen LogP) is 3.71. The van der Waals surface area contributed by atoms with Crippen LogP contribution in [0.5, 0.6) is 0 Å². The van der Waals surface area contributed by atoms with Crippen LogP contribution in [-0.4, -0.2) is 9.97 Å². The Morgan fingerprint density at radius 1 is 1.21 bits per heavy atom. The van der Waals surface area contributed by atoms with Crippen LogP contribution in [0.1, 0.15) is 39.2 Å². The summed E-state index contributed by atoms with van der Waals surface area (Å²) >= 11 is 0. The Labute approximate surface area is 85.4 Å². The molecular formula is C12H18N2. The van der Waals surface area contributed by atoms with E-state index in [-0.39, 0.29) is 0 Å². The fourth-order valence-electron chi connectivity index (χ4n) is 1.45. The van der Waals surface area contributed by atoms with Gasteiger partial charge in [-0.1, -0.05) is 39.8 Å². The third-order valence-electron chi connectivity index (χ3n) is 2.10. The van der Waals surface area contributed by atoms with Crippen LogP contribution >= 0.6 is 0 Å². The highest BCUT2D eigenvalue weighted by atomic mass is 14.9. The van der Waals surface area contributed by atoms with E-state index in [4.69, 9.17) is 0 Å². The molecule has 14 heavy (non-hydrogen) atoms. The number of aromatic nitrogens is 2. The molecule has 0 bridgehead atoms. The lowest BCUT2D eigenvalue weighted by Gasteiger charge is -2.04. The van der Waals surface area contributed by atoms with Crippen molar-refractivity contribution in [2.45, 2.75) is 33.6 Å². The molecule has 1 N–H and O–H groups in total. The number of hydrogen-bond donors (Lipinski definition) is 1. The molecule has 0 atom stereocenters. The Hall–Kier alpha value is -1.31. The third-order valence-corrected chi connectivity index (χ3v) is 2.10. The van der Waals surface area contributed by atoms with E-state index in [0.29, 0.717) is 5.92 Å². The largest absolute Gasteiger partial charge is 0.345 e. The number of imidazole rings is 1. The summed E-state index contributed by atoms with van der Waals surface area (Å²) in [5, 5.41) is 0. The summed E-state index contributed by atoms with van der Waals surface area (Å²) in [6.45, 7) is 8.37. The summed E-state index contributed by atoms with van der Waals surface area (Å²) in [6, 6.07) is 6.25. The first kappa shape index (κ1) is 10.8. The Kier molecular flexibility index (Phi) is 3.69. The van der Waals surface area contributed by atoms with E-state index in [9.17, 15) is 0 Å². The average molecular weight is 190 g/mol. The molecule has 1 aromatic carbocycles. The van der Waals surface area contributed by atoms with Crippen molar-refractivity contribution < 1.29 is 0 Å². The SMILES string of the molecule is CC.CC(C)c1cccc2[nH]cnc12. The maximum absolute atomic E-state index is 4.28. The highest BCUT2D eigenvalue weighted by molar-refractivity contribution is 5.78. The van der Waals surface area contributed by atoms with Gasteiger partial charge in [0.05, 0.1) is 17.4 Å². The highest BCUT2D eigenvalue weighted by Crippen LogP contribution is 2.21. The van der Waals surface area contributed by atoms with Crippen molar-refractivity contribution in [3.05, 3.63) is 30.1 Å². The lowest BCUT2D eigenvalue weighted by molar-refractivity contribution is 0.873. The molecule has 1 aromatic heterocycles. The minimum atomic E-state index is 0.539. The molecule has 0 saturated carbocycles. The molecule has 1 heterocycles. The van der Waals surface area contributed by atoms with Crippen molar-refractivity contribution in [3.63, 3.8) is 0 Å². The van der Waals surface area contributed by atoms with Crippen molar-refractivity contribution in [3.8, 4) is 0 Å². The summed E-state index contributed by atoms with van der Waals surface area (Å²) in [5.41, 5.74) is 3.54. The van der Waals surface area contributed by atoms with Crippen LogP contribution in [0.25, 0.3) is 11.0 Å². The topological polar surface area (TPSA) is 28.7 Å². The quantitative estimate of drug-likeness (QED) is 0.729. The molecular weight excluding hydrogens is 172 g/mol. The molecule has 0 amide bonds. The van der Waals surface area contributed by atoms with E-state index in [1.807, 2.05) is 19.9 Å². The first-order valence-electron chi connectivity index (χ1n) is 5.21. The molecule has 2 nitrogen and oxygen atoms in total. The smallest absolute Gasteiger partial charge is 0.0931 e. The predicted molar refractivity (Wildman–Crippen MR) is 61.5 cm³/mol. The molecule has 0 unspecified atom stereocenters. The second kappa shape index (κ2) is 4.80. The Balaban J connectivity index is 0.000000461. The first-order chi connectivity index (χ1) is 6.79. The van der Waals surface area contributed by atoms with Crippen LogP contribution < -0.4 is 0 Å². The molecule has 2 rings (SSSR count). The zero-order chi connectivity index (χ0) is 10.6. The van der Waals surface area contributed by atoms with Crippen LogP contribution in [0.3, 0.4) is 0 Å². The number of aromatic amines is 1. The van der Waals surface area contributed by atoms with Gasteiger partial charge >= 0.3 is 0 Å². The molecule has 0 saturated heterocycles. The Morgan fingerprint density at radius 3 is 2.57 bits per heavy atom. The van der Waals surface area contributed by atoms with E-state index < -0.39 is 0 Å². The van der Waals surface area contributed by atoms with Crippen molar-refractivity contribution >= 4 is 11.0 Å². The number of hydrogen-bond acceptors (Lipinski definition) is 1.